The van der Waals surface area contributed by atoms with Crippen molar-refractivity contribution in [1.82, 2.24) is 5.32 Å². The highest BCUT2D eigenvalue weighted by Crippen LogP contribution is 2.52. The minimum atomic E-state index is -1.16. The Morgan fingerprint density at radius 1 is 1.29 bits per heavy atom. The molecule has 3 rings (SSSR count). The standard InChI is InChI=1S/C10H15NO3/c12-10(13)14-8-4-7-5-1-2-6(3-5)9(7)11-8/h5-9,11H,1-4H2,(H,12,13)/t5-,6+,7+,8+,9-/m1/s1. The zero-order valence-corrected chi connectivity index (χ0v) is 7.98. The molecule has 78 valence electrons. The summed E-state index contributed by atoms with van der Waals surface area (Å²) in [6, 6.07) is 0.540. The number of hydrogen-bond donors (Lipinski definition) is 2. The molecule has 0 amide bonds. The van der Waals surface area contributed by atoms with Crippen molar-refractivity contribution in [3.8, 4) is 0 Å². The van der Waals surface area contributed by atoms with Gasteiger partial charge in [-0.3, -0.25) is 5.32 Å². The minimum Gasteiger partial charge on any atom is -0.450 e. The smallest absolute Gasteiger partial charge is 0.450 e. The molecule has 0 spiro atoms. The summed E-state index contributed by atoms with van der Waals surface area (Å²) in [7, 11) is 0. The number of fused-ring (bicyclic) bond motifs is 5. The van der Waals surface area contributed by atoms with E-state index in [2.05, 4.69) is 5.32 Å². The molecule has 0 aromatic carbocycles. The first kappa shape index (κ1) is 8.53. The third-order valence-corrected chi connectivity index (χ3v) is 4.20. The van der Waals surface area contributed by atoms with Gasteiger partial charge in [0.15, 0.2) is 6.23 Å². The predicted octanol–water partition coefficient (Wildman–Crippen LogP) is 1.42. The first-order valence-electron chi connectivity index (χ1n) is 5.39. The van der Waals surface area contributed by atoms with Crippen molar-refractivity contribution in [2.75, 3.05) is 0 Å². The van der Waals surface area contributed by atoms with E-state index >= 15 is 0 Å². The van der Waals surface area contributed by atoms with Crippen molar-refractivity contribution >= 4 is 6.16 Å². The van der Waals surface area contributed by atoms with Crippen LogP contribution in [0.5, 0.6) is 0 Å². The Hall–Kier alpha value is -0.770. The third-order valence-electron chi connectivity index (χ3n) is 4.20. The maximum absolute atomic E-state index is 10.4. The van der Waals surface area contributed by atoms with Gasteiger partial charge in [-0.2, -0.15) is 0 Å². The molecular formula is C10H15NO3. The van der Waals surface area contributed by atoms with Crippen molar-refractivity contribution < 1.29 is 14.6 Å². The van der Waals surface area contributed by atoms with Gasteiger partial charge in [-0.05, 0) is 37.0 Å². The maximum atomic E-state index is 10.4. The van der Waals surface area contributed by atoms with E-state index in [1.54, 1.807) is 0 Å². The summed E-state index contributed by atoms with van der Waals surface area (Å²) in [5, 5.41) is 11.8. The van der Waals surface area contributed by atoms with Crippen LogP contribution in [0.3, 0.4) is 0 Å². The number of carboxylic acid groups (broad SMARTS) is 1. The summed E-state index contributed by atoms with van der Waals surface area (Å²) >= 11 is 0. The summed E-state index contributed by atoms with van der Waals surface area (Å²) < 4.78 is 4.78. The van der Waals surface area contributed by atoms with Crippen molar-refractivity contribution in [2.45, 2.75) is 38.0 Å². The molecule has 0 unspecified atom stereocenters. The van der Waals surface area contributed by atoms with Crippen LogP contribution in [0.1, 0.15) is 25.7 Å². The average Bonchev–Trinajstić information content (AvgIpc) is 2.69. The summed E-state index contributed by atoms with van der Waals surface area (Å²) in [6.07, 6.45) is 3.49. The van der Waals surface area contributed by atoms with Crippen LogP contribution < -0.4 is 5.32 Å². The van der Waals surface area contributed by atoms with E-state index in [0.29, 0.717) is 12.0 Å². The molecule has 4 nitrogen and oxygen atoms in total. The van der Waals surface area contributed by atoms with E-state index in [-0.39, 0.29) is 6.23 Å². The summed E-state index contributed by atoms with van der Waals surface area (Å²) in [5.41, 5.74) is 0. The first-order chi connectivity index (χ1) is 6.74. The van der Waals surface area contributed by atoms with E-state index in [1.165, 1.54) is 19.3 Å². The van der Waals surface area contributed by atoms with E-state index in [4.69, 9.17) is 9.84 Å². The fourth-order valence-corrected chi connectivity index (χ4v) is 3.74. The van der Waals surface area contributed by atoms with Gasteiger partial charge in [0.05, 0.1) is 0 Å². The van der Waals surface area contributed by atoms with Crippen LogP contribution in [0.25, 0.3) is 0 Å². The minimum absolute atomic E-state index is 0.245. The topological polar surface area (TPSA) is 58.6 Å². The average molecular weight is 197 g/mol. The highest BCUT2D eigenvalue weighted by atomic mass is 16.7. The second-order valence-electron chi connectivity index (χ2n) is 4.80. The molecular weight excluding hydrogens is 182 g/mol. The summed E-state index contributed by atoms with van der Waals surface area (Å²) in [4.78, 5) is 10.4. The Labute approximate surface area is 82.6 Å². The van der Waals surface area contributed by atoms with Gasteiger partial charge < -0.3 is 9.84 Å². The Kier molecular flexibility index (Phi) is 1.74. The van der Waals surface area contributed by atoms with E-state index < -0.39 is 6.16 Å². The molecule has 0 aromatic rings. The van der Waals surface area contributed by atoms with Gasteiger partial charge in [0.1, 0.15) is 0 Å². The molecule has 4 heteroatoms. The molecule has 1 heterocycles. The fraction of sp³-hybridized carbons (Fsp3) is 0.900. The van der Waals surface area contributed by atoms with Gasteiger partial charge in [0.25, 0.3) is 0 Å². The molecule has 2 saturated carbocycles. The summed E-state index contributed by atoms with van der Waals surface area (Å²) in [6.45, 7) is 0. The van der Waals surface area contributed by atoms with Crippen molar-refractivity contribution in [2.24, 2.45) is 17.8 Å². The highest BCUT2D eigenvalue weighted by molar-refractivity contribution is 5.57. The van der Waals surface area contributed by atoms with Crippen LogP contribution in [0.2, 0.25) is 0 Å². The van der Waals surface area contributed by atoms with Crippen LogP contribution in [0.4, 0.5) is 4.79 Å². The number of carbonyl (C=O) groups is 1. The van der Waals surface area contributed by atoms with Gasteiger partial charge in [0.2, 0.25) is 0 Å². The second-order valence-corrected chi connectivity index (χ2v) is 4.80. The number of hydrogen-bond acceptors (Lipinski definition) is 3. The molecule has 5 atom stereocenters. The molecule has 0 aromatic heterocycles. The van der Waals surface area contributed by atoms with Gasteiger partial charge in [-0.1, -0.05) is 0 Å². The Bertz CT molecular complexity index is 250. The zero-order chi connectivity index (χ0) is 9.71. The van der Waals surface area contributed by atoms with E-state index in [0.717, 1.165) is 18.3 Å². The Balaban J connectivity index is 1.68. The monoisotopic (exact) mass is 197 g/mol. The number of ether oxygens (including phenoxy) is 1. The molecule has 3 aliphatic rings. The Morgan fingerprint density at radius 2 is 2.07 bits per heavy atom. The van der Waals surface area contributed by atoms with Gasteiger partial charge in [-0.15, -0.1) is 0 Å². The Morgan fingerprint density at radius 3 is 2.79 bits per heavy atom. The lowest BCUT2D eigenvalue weighted by Crippen LogP contribution is -2.37. The normalized spacial score (nSPS) is 49.3. The maximum Gasteiger partial charge on any atom is 0.507 e. The van der Waals surface area contributed by atoms with Crippen LogP contribution in [-0.2, 0) is 4.74 Å². The van der Waals surface area contributed by atoms with Crippen LogP contribution in [0.15, 0.2) is 0 Å². The molecule has 2 bridgehead atoms. The molecule has 3 fully saturated rings. The van der Waals surface area contributed by atoms with Crippen molar-refractivity contribution in [1.29, 1.82) is 0 Å². The largest absolute Gasteiger partial charge is 0.507 e. The highest BCUT2D eigenvalue weighted by Gasteiger charge is 2.52. The number of nitrogens with one attached hydrogen (secondary N) is 1. The second kappa shape index (κ2) is 2.86. The lowest BCUT2D eigenvalue weighted by atomic mass is 9.85. The fourth-order valence-electron chi connectivity index (χ4n) is 3.74. The predicted molar refractivity (Wildman–Crippen MR) is 48.8 cm³/mol. The summed E-state index contributed by atoms with van der Waals surface area (Å²) in [5.74, 6) is 2.30. The number of rotatable bonds is 1. The molecule has 1 saturated heterocycles. The molecule has 14 heavy (non-hydrogen) atoms. The van der Waals surface area contributed by atoms with Crippen molar-refractivity contribution in [3.63, 3.8) is 0 Å². The van der Waals surface area contributed by atoms with Crippen LogP contribution in [-0.4, -0.2) is 23.5 Å². The van der Waals surface area contributed by atoms with Crippen LogP contribution >= 0.6 is 0 Å². The molecule has 2 N–H and O–H groups in total. The first-order valence-corrected chi connectivity index (χ1v) is 5.39. The van der Waals surface area contributed by atoms with Crippen LogP contribution in [0, 0.1) is 17.8 Å². The lowest BCUT2D eigenvalue weighted by Gasteiger charge is -2.23. The molecule has 2 aliphatic carbocycles. The molecule has 0 radical (unpaired) electrons. The van der Waals surface area contributed by atoms with Gasteiger partial charge >= 0.3 is 6.16 Å². The SMILES string of the molecule is O=C(O)O[C@H]1C[C@H]2[C@@H]3CC[C@@H](C3)[C@H]2N1. The molecule has 1 aliphatic heterocycles. The van der Waals surface area contributed by atoms with E-state index in [9.17, 15) is 4.79 Å². The quantitative estimate of drug-likeness (QED) is 0.624. The van der Waals surface area contributed by atoms with Crippen molar-refractivity contribution in [3.05, 3.63) is 0 Å². The van der Waals surface area contributed by atoms with E-state index in [1.807, 2.05) is 0 Å². The van der Waals surface area contributed by atoms with Gasteiger partial charge in [-0.25, -0.2) is 4.79 Å². The lowest BCUT2D eigenvalue weighted by molar-refractivity contribution is 0.0406. The van der Waals surface area contributed by atoms with Gasteiger partial charge in [0, 0.05) is 12.5 Å². The zero-order valence-electron chi connectivity index (χ0n) is 7.98. The third kappa shape index (κ3) is 1.13.